The highest BCUT2D eigenvalue weighted by molar-refractivity contribution is 5.85. The van der Waals surface area contributed by atoms with Gasteiger partial charge < -0.3 is 16.2 Å². The SMILES string of the molecule is CCCC(C)(N)C(=O)N[C@@H](CO)Cc1ccccc1. The maximum absolute atomic E-state index is 12.1. The second-order valence-corrected chi connectivity index (χ2v) is 5.21. The van der Waals surface area contributed by atoms with Crippen molar-refractivity contribution in [3.63, 3.8) is 0 Å². The van der Waals surface area contributed by atoms with Gasteiger partial charge in [-0.25, -0.2) is 0 Å². The third-order valence-corrected chi connectivity index (χ3v) is 3.17. The zero-order valence-corrected chi connectivity index (χ0v) is 11.7. The lowest BCUT2D eigenvalue weighted by Crippen LogP contribution is -2.55. The van der Waals surface area contributed by atoms with Crippen molar-refractivity contribution >= 4 is 5.91 Å². The molecule has 1 aromatic carbocycles. The van der Waals surface area contributed by atoms with Crippen LogP contribution in [-0.2, 0) is 11.2 Å². The highest BCUT2D eigenvalue weighted by Crippen LogP contribution is 2.10. The van der Waals surface area contributed by atoms with Crippen molar-refractivity contribution in [2.45, 2.75) is 44.7 Å². The van der Waals surface area contributed by atoms with Crippen molar-refractivity contribution in [1.29, 1.82) is 0 Å². The Hall–Kier alpha value is -1.39. The summed E-state index contributed by atoms with van der Waals surface area (Å²) in [5, 5.41) is 12.2. The van der Waals surface area contributed by atoms with Gasteiger partial charge in [0.25, 0.3) is 0 Å². The summed E-state index contributed by atoms with van der Waals surface area (Å²) in [4.78, 5) is 12.1. The number of benzene rings is 1. The van der Waals surface area contributed by atoms with E-state index in [0.717, 1.165) is 12.0 Å². The second kappa shape index (κ2) is 7.26. The number of nitrogens with two attached hydrogens (primary N) is 1. The van der Waals surface area contributed by atoms with E-state index in [1.165, 1.54) is 0 Å². The molecule has 0 bridgehead atoms. The molecule has 1 aromatic rings. The van der Waals surface area contributed by atoms with E-state index >= 15 is 0 Å². The van der Waals surface area contributed by atoms with Gasteiger partial charge in [-0.2, -0.15) is 0 Å². The van der Waals surface area contributed by atoms with Crippen LogP contribution >= 0.6 is 0 Å². The highest BCUT2D eigenvalue weighted by atomic mass is 16.3. The zero-order valence-electron chi connectivity index (χ0n) is 11.7. The summed E-state index contributed by atoms with van der Waals surface area (Å²) in [6.07, 6.45) is 2.08. The maximum Gasteiger partial charge on any atom is 0.240 e. The molecule has 4 nitrogen and oxygen atoms in total. The van der Waals surface area contributed by atoms with E-state index in [1.54, 1.807) is 6.92 Å². The van der Waals surface area contributed by atoms with Gasteiger partial charge in [-0.1, -0.05) is 43.7 Å². The van der Waals surface area contributed by atoms with Crippen molar-refractivity contribution < 1.29 is 9.90 Å². The van der Waals surface area contributed by atoms with E-state index in [0.29, 0.717) is 12.8 Å². The molecule has 1 amide bonds. The van der Waals surface area contributed by atoms with Crippen molar-refractivity contribution in [3.8, 4) is 0 Å². The van der Waals surface area contributed by atoms with Gasteiger partial charge >= 0.3 is 0 Å². The van der Waals surface area contributed by atoms with Gasteiger partial charge in [0.05, 0.1) is 18.2 Å². The molecule has 1 unspecified atom stereocenters. The van der Waals surface area contributed by atoms with Crippen LogP contribution < -0.4 is 11.1 Å². The van der Waals surface area contributed by atoms with Gasteiger partial charge in [-0.15, -0.1) is 0 Å². The van der Waals surface area contributed by atoms with Crippen LogP contribution in [-0.4, -0.2) is 29.2 Å². The van der Waals surface area contributed by atoms with E-state index in [9.17, 15) is 9.90 Å². The van der Waals surface area contributed by atoms with E-state index in [1.807, 2.05) is 37.3 Å². The fourth-order valence-electron chi connectivity index (χ4n) is 2.04. The number of nitrogens with one attached hydrogen (secondary N) is 1. The Morgan fingerprint density at radius 2 is 2.05 bits per heavy atom. The average molecular weight is 264 g/mol. The van der Waals surface area contributed by atoms with Crippen molar-refractivity contribution in [3.05, 3.63) is 35.9 Å². The Bertz CT molecular complexity index is 390. The van der Waals surface area contributed by atoms with Crippen molar-refractivity contribution in [1.82, 2.24) is 5.32 Å². The standard InChI is InChI=1S/C15H24N2O2/c1-3-9-15(2,16)14(19)17-13(11-18)10-12-7-5-4-6-8-12/h4-8,13,18H,3,9-11,16H2,1-2H3,(H,17,19)/t13-,15?/m1/s1. The van der Waals surface area contributed by atoms with Crippen LogP contribution in [0.4, 0.5) is 0 Å². The minimum absolute atomic E-state index is 0.0944. The summed E-state index contributed by atoms with van der Waals surface area (Å²) in [5.74, 6) is -0.204. The number of rotatable bonds is 7. The lowest BCUT2D eigenvalue weighted by molar-refractivity contribution is -0.127. The van der Waals surface area contributed by atoms with Crippen LogP contribution in [0.15, 0.2) is 30.3 Å². The summed E-state index contributed by atoms with van der Waals surface area (Å²) >= 11 is 0. The average Bonchev–Trinajstić information content (AvgIpc) is 2.39. The summed E-state index contributed by atoms with van der Waals surface area (Å²) in [6.45, 7) is 3.62. The lowest BCUT2D eigenvalue weighted by Gasteiger charge is -2.26. The van der Waals surface area contributed by atoms with E-state index in [4.69, 9.17) is 5.73 Å². The molecule has 0 aliphatic heterocycles. The first-order valence-electron chi connectivity index (χ1n) is 6.74. The molecule has 4 heteroatoms. The highest BCUT2D eigenvalue weighted by Gasteiger charge is 2.28. The maximum atomic E-state index is 12.1. The molecule has 0 aliphatic carbocycles. The molecule has 4 N–H and O–H groups in total. The van der Waals surface area contributed by atoms with E-state index < -0.39 is 5.54 Å². The van der Waals surface area contributed by atoms with Gasteiger partial charge in [-0.3, -0.25) is 4.79 Å². The number of carbonyl (C=O) groups is 1. The predicted octanol–water partition coefficient (Wildman–Crippen LogP) is 1.22. The van der Waals surface area contributed by atoms with Gasteiger partial charge in [0.1, 0.15) is 0 Å². The van der Waals surface area contributed by atoms with E-state index in [-0.39, 0.29) is 18.6 Å². The molecule has 1 rings (SSSR count). The van der Waals surface area contributed by atoms with Gasteiger partial charge in [0.15, 0.2) is 0 Å². The fourth-order valence-corrected chi connectivity index (χ4v) is 2.04. The number of amides is 1. The number of aliphatic hydroxyl groups excluding tert-OH is 1. The third kappa shape index (κ3) is 5.01. The van der Waals surface area contributed by atoms with Gasteiger partial charge in [0, 0.05) is 0 Å². The molecular formula is C15H24N2O2. The Morgan fingerprint density at radius 3 is 2.58 bits per heavy atom. The summed E-state index contributed by atoms with van der Waals surface area (Å²) in [6, 6.07) is 9.47. The molecule has 0 spiro atoms. The fraction of sp³-hybridized carbons (Fsp3) is 0.533. The molecule has 0 saturated carbocycles. The minimum atomic E-state index is -0.876. The number of carbonyl (C=O) groups excluding carboxylic acids is 1. The third-order valence-electron chi connectivity index (χ3n) is 3.17. The number of hydrogen-bond acceptors (Lipinski definition) is 3. The zero-order chi connectivity index (χ0) is 14.3. The Balaban J connectivity index is 2.60. The van der Waals surface area contributed by atoms with Crippen LogP contribution in [0.2, 0.25) is 0 Å². The molecule has 0 radical (unpaired) electrons. The Kier molecular flexibility index (Phi) is 5.99. The first-order chi connectivity index (χ1) is 8.99. The molecule has 19 heavy (non-hydrogen) atoms. The Labute approximate surface area is 115 Å². The summed E-state index contributed by atoms with van der Waals surface area (Å²) in [7, 11) is 0. The minimum Gasteiger partial charge on any atom is -0.394 e. The molecule has 0 aliphatic rings. The molecular weight excluding hydrogens is 240 g/mol. The topological polar surface area (TPSA) is 75.4 Å². The number of hydrogen-bond donors (Lipinski definition) is 3. The summed E-state index contributed by atoms with van der Waals surface area (Å²) < 4.78 is 0. The normalized spacial score (nSPS) is 15.6. The Morgan fingerprint density at radius 1 is 1.42 bits per heavy atom. The largest absolute Gasteiger partial charge is 0.394 e. The predicted molar refractivity (Wildman–Crippen MR) is 76.7 cm³/mol. The van der Waals surface area contributed by atoms with Crippen LogP contribution in [0.25, 0.3) is 0 Å². The molecule has 0 saturated heterocycles. The van der Waals surface area contributed by atoms with Crippen molar-refractivity contribution in [2.75, 3.05) is 6.61 Å². The first-order valence-corrected chi connectivity index (χ1v) is 6.74. The number of aliphatic hydroxyl groups is 1. The van der Waals surface area contributed by atoms with E-state index in [2.05, 4.69) is 5.32 Å². The van der Waals surface area contributed by atoms with Gasteiger partial charge in [0.2, 0.25) is 5.91 Å². The molecule has 0 aromatic heterocycles. The first kappa shape index (κ1) is 15.7. The molecule has 0 heterocycles. The molecule has 2 atom stereocenters. The van der Waals surface area contributed by atoms with Crippen LogP contribution in [0.5, 0.6) is 0 Å². The monoisotopic (exact) mass is 264 g/mol. The van der Waals surface area contributed by atoms with Crippen molar-refractivity contribution in [2.24, 2.45) is 5.73 Å². The molecule has 0 fully saturated rings. The van der Waals surface area contributed by atoms with Crippen LogP contribution in [0.3, 0.4) is 0 Å². The van der Waals surface area contributed by atoms with Crippen LogP contribution in [0.1, 0.15) is 32.3 Å². The quantitative estimate of drug-likeness (QED) is 0.693. The van der Waals surface area contributed by atoms with Crippen LogP contribution in [0, 0.1) is 0 Å². The second-order valence-electron chi connectivity index (χ2n) is 5.21. The lowest BCUT2D eigenvalue weighted by atomic mass is 9.95. The smallest absolute Gasteiger partial charge is 0.240 e. The summed E-state index contributed by atoms with van der Waals surface area (Å²) in [5.41, 5.74) is 6.18. The van der Waals surface area contributed by atoms with Gasteiger partial charge in [-0.05, 0) is 25.3 Å². The molecule has 106 valence electrons.